The van der Waals surface area contributed by atoms with Crippen LogP contribution < -0.4 is 0 Å². The molecule has 0 radical (unpaired) electrons. The van der Waals surface area contributed by atoms with Gasteiger partial charge in [0.15, 0.2) is 34.5 Å². The molecule has 0 saturated carbocycles. The Morgan fingerprint density at radius 3 is 0.944 bits per heavy atom. The molecule has 708 valence electrons. The molecule has 0 atom stereocenters. The summed E-state index contributed by atoms with van der Waals surface area (Å²) in [4.78, 5) is 0. The van der Waals surface area contributed by atoms with Crippen LogP contribution in [0.3, 0.4) is 0 Å². The summed E-state index contributed by atoms with van der Waals surface area (Å²) in [6, 6.07) is 102. The summed E-state index contributed by atoms with van der Waals surface area (Å²) in [6.07, 6.45) is 0. The third-order valence-electron chi connectivity index (χ3n) is 25.6. The van der Waals surface area contributed by atoms with Crippen molar-refractivity contribution in [3.63, 3.8) is 0 Å². The van der Waals surface area contributed by atoms with E-state index in [0.29, 0.717) is 120 Å². The van der Waals surface area contributed by atoms with Gasteiger partial charge in [-0.3, -0.25) is 0 Å². The molecule has 0 aliphatic rings. The number of hydrogen-bond donors (Lipinski definition) is 24. The highest BCUT2D eigenvalue weighted by Gasteiger charge is 2.29. The molecule has 0 saturated heterocycles. The Kier molecular flexibility index (Phi) is 24.2. The molecule has 0 spiro atoms. The van der Waals surface area contributed by atoms with E-state index in [9.17, 15) is 123 Å². The fourth-order valence-electron chi connectivity index (χ4n) is 18.7. The van der Waals surface area contributed by atoms with Gasteiger partial charge in [-0.15, -0.1) is 0 Å². The van der Waals surface area contributed by atoms with E-state index in [2.05, 4.69) is 0 Å². The van der Waals surface area contributed by atoms with E-state index in [1.165, 1.54) is 42.5 Å². The molecule has 0 fully saturated rings. The van der Waals surface area contributed by atoms with Gasteiger partial charge < -0.3 is 123 Å². The molecule has 24 aromatic carbocycles. The first kappa shape index (κ1) is 92.7. The van der Waals surface area contributed by atoms with Crippen molar-refractivity contribution in [3.8, 4) is 205 Å². The lowest BCUT2D eigenvalue weighted by atomic mass is 9.90. The fourth-order valence-corrected chi connectivity index (χ4v) is 18.7. The first-order chi connectivity index (χ1) is 69.4. The number of phenolic OH excluding ortho intramolecular Hbond substituents is 24. The first-order valence-corrected chi connectivity index (χ1v) is 44.7. The van der Waals surface area contributed by atoms with Crippen molar-refractivity contribution in [2.75, 3.05) is 0 Å². The monoisotopic (exact) mass is 1910 g/mol. The Bertz CT molecular complexity index is 9090. The maximum absolute atomic E-state index is 10.7. The summed E-state index contributed by atoms with van der Waals surface area (Å²) in [5.74, 6) is -3.36. The Balaban J connectivity index is 0.000000109. The van der Waals surface area contributed by atoms with Gasteiger partial charge in [-0.2, -0.15) is 0 Å². The quantitative estimate of drug-likeness (QED) is 0.0543. The first-order valence-electron chi connectivity index (χ1n) is 44.7. The number of fused-ring (bicyclic) bond motifs is 12. The normalized spacial score (nSPS) is 11.2. The largest absolute Gasteiger partial charge is 0.508 e. The summed E-state index contributed by atoms with van der Waals surface area (Å²) in [7, 11) is 0. The second-order valence-electron chi connectivity index (χ2n) is 34.1. The lowest BCUT2D eigenvalue weighted by molar-refractivity contribution is 0.369. The zero-order chi connectivity index (χ0) is 101. The summed E-state index contributed by atoms with van der Waals surface area (Å²) < 4.78 is 0. The zero-order valence-electron chi connectivity index (χ0n) is 75.4. The number of rotatable bonds is 6. The second kappa shape index (κ2) is 37.6. The highest BCUT2D eigenvalue weighted by Crippen LogP contribution is 2.58. The smallest absolute Gasteiger partial charge is 0.201 e. The van der Waals surface area contributed by atoms with Crippen LogP contribution >= 0.6 is 0 Å². The van der Waals surface area contributed by atoms with E-state index in [-0.39, 0.29) is 125 Å². The van der Waals surface area contributed by atoms with Crippen molar-refractivity contribution >= 4 is 129 Å². The van der Waals surface area contributed by atoms with Crippen LogP contribution in [-0.2, 0) is 0 Å². The number of aromatic hydroxyl groups is 24. The molecular weight excluding hydrogens is 1830 g/mol. The number of phenols is 24. The van der Waals surface area contributed by atoms with E-state index in [0.717, 1.165) is 54.2 Å². The van der Waals surface area contributed by atoms with Crippen molar-refractivity contribution in [1.82, 2.24) is 0 Å². The Morgan fingerprint density at radius 2 is 0.444 bits per heavy atom. The van der Waals surface area contributed by atoms with Crippen LogP contribution in [0.1, 0.15) is 0 Å². The van der Waals surface area contributed by atoms with Crippen molar-refractivity contribution in [2.24, 2.45) is 0 Å². The molecule has 24 nitrogen and oxygen atoms in total. The maximum atomic E-state index is 10.7. The van der Waals surface area contributed by atoms with Gasteiger partial charge in [-0.25, -0.2) is 0 Å². The van der Waals surface area contributed by atoms with Crippen molar-refractivity contribution < 1.29 is 123 Å². The second-order valence-corrected chi connectivity index (χ2v) is 34.1. The minimum Gasteiger partial charge on any atom is -0.508 e. The van der Waals surface area contributed by atoms with Crippen molar-refractivity contribution in [2.45, 2.75) is 0 Å². The minimum atomic E-state index is -0.741. The van der Waals surface area contributed by atoms with Gasteiger partial charge in [-0.1, -0.05) is 224 Å². The van der Waals surface area contributed by atoms with E-state index in [4.69, 9.17) is 0 Å². The van der Waals surface area contributed by atoms with Gasteiger partial charge in [0.05, 0.1) is 10.8 Å². The van der Waals surface area contributed by atoms with Gasteiger partial charge in [0.1, 0.15) is 92.0 Å². The van der Waals surface area contributed by atoms with Crippen LogP contribution in [0.4, 0.5) is 0 Å². The van der Waals surface area contributed by atoms with Crippen molar-refractivity contribution in [1.29, 1.82) is 0 Å². The molecule has 0 aliphatic carbocycles. The van der Waals surface area contributed by atoms with Crippen LogP contribution in [0.15, 0.2) is 364 Å². The van der Waals surface area contributed by atoms with Crippen LogP contribution in [0.25, 0.3) is 196 Å². The van der Waals surface area contributed by atoms with Crippen LogP contribution in [0.5, 0.6) is 138 Å². The molecule has 0 bridgehead atoms. The van der Waals surface area contributed by atoms with Gasteiger partial charge in [-0.05, 0) is 231 Å². The predicted octanol–water partition coefficient (Wildman–Crippen LogP) is 26.9. The van der Waals surface area contributed by atoms with Crippen LogP contribution in [0, 0.1) is 0 Å². The molecule has 144 heavy (non-hydrogen) atoms. The molecule has 24 heteroatoms. The molecule has 24 rings (SSSR count). The average molecular weight is 1910 g/mol. The Morgan fingerprint density at radius 1 is 0.111 bits per heavy atom. The molecule has 24 N–H and O–H groups in total. The van der Waals surface area contributed by atoms with Gasteiger partial charge in [0.2, 0.25) is 11.5 Å². The van der Waals surface area contributed by atoms with Crippen LogP contribution in [0.2, 0.25) is 0 Å². The minimum absolute atomic E-state index is 0.00922. The van der Waals surface area contributed by atoms with Gasteiger partial charge in [0, 0.05) is 93.3 Å². The van der Waals surface area contributed by atoms with E-state index < -0.39 is 34.5 Å². The molecule has 0 amide bonds. The third-order valence-corrected chi connectivity index (χ3v) is 25.6. The molecule has 24 aromatic rings. The third kappa shape index (κ3) is 16.8. The lowest BCUT2D eigenvalue weighted by Crippen LogP contribution is -1.89. The van der Waals surface area contributed by atoms with Crippen molar-refractivity contribution in [3.05, 3.63) is 364 Å². The molecule has 0 aromatic heterocycles. The SMILES string of the molecule is Oc1c(O)c(-c2c(O)c(O)c(O)c3ccccc23)c2ccccc2c1O.Oc1ccc(-c2cc(O)c3ccccc3c2O)c2ccccc12.Oc1ccc2c(-c3c(O)ccc4cc(O)ccc34)c(O)ccc2c1.Oc1ccc2cc(-c3c(O)c(O)cc4ccccc34)ccc2c1.Oc1ccc2ccc(O)c(-c3cc(O)c4ccccc4c3O)c2c1.Oc1cccc2ccc(-c3ccc4cccc(O)c4c3O)c(O)c12. The number of hydrogen-bond acceptors (Lipinski definition) is 24. The summed E-state index contributed by atoms with van der Waals surface area (Å²) in [6.45, 7) is 0. The molecular formula is C120H84O24. The lowest BCUT2D eigenvalue weighted by Gasteiger charge is -2.17. The van der Waals surface area contributed by atoms with Gasteiger partial charge >= 0.3 is 0 Å². The van der Waals surface area contributed by atoms with E-state index >= 15 is 0 Å². The van der Waals surface area contributed by atoms with Crippen LogP contribution in [-0.4, -0.2) is 123 Å². The number of benzene rings is 24. The summed E-state index contributed by atoms with van der Waals surface area (Å²) >= 11 is 0. The van der Waals surface area contributed by atoms with E-state index in [1.54, 1.807) is 237 Å². The maximum Gasteiger partial charge on any atom is 0.201 e. The van der Waals surface area contributed by atoms with Gasteiger partial charge in [0.25, 0.3) is 0 Å². The van der Waals surface area contributed by atoms with E-state index in [1.807, 2.05) is 84.9 Å². The molecule has 0 heterocycles. The highest BCUT2D eigenvalue weighted by atomic mass is 16.3. The summed E-state index contributed by atoms with van der Waals surface area (Å²) in [5.41, 5.74) is 5.18. The highest BCUT2D eigenvalue weighted by molar-refractivity contribution is 6.17. The Labute approximate surface area is 815 Å². The fraction of sp³-hybridized carbons (Fsp3) is 0. The predicted molar refractivity (Wildman–Crippen MR) is 561 cm³/mol. The molecule has 0 aliphatic heterocycles. The topological polar surface area (TPSA) is 486 Å². The average Bonchev–Trinajstić information content (AvgIpc) is 0.728. The zero-order valence-corrected chi connectivity index (χ0v) is 75.4. The standard InChI is InChI=1S/C20H14O6.3C20H14O4.2C20H14O3/c21-15-11-7-3-1-5-9(11)13(17(23)19(15)25)14-10-6-2-4-8-12(10)16(22)20(26)18(14)24;21-13-3-5-15-11(9-13)1-7-17(23)19(15)20-16-6-4-14(22)10-12(16)2-8-18(20)24;21-15-5-1-3-11-7-9-13(19(23)17(11)15)14-10-8-12-4-2-6-16(22)18(12)20(14)24;21-12-7-5-11-6-8-17(22)19(15(11)9-12)16-10-18(23)13-3-1-2-4-14(13)20(16)24;21-18-10-9-13(12-5-1-2-6-14(12)18)17-11-19(22)15-7-3-4-8-16(15)20(17)23;21-16-8-7-12-9-15(6-5-13(12)10-16)19-17-4-2-1-3-14(17)11-18(22)20(19)23/h1-8,21-26H;3*1-10,21-24H;2*1-11,21-23H. The summed E-state index contributed by atoms with van der Waals surface area (Å²) in [5, 5.41) is 260. The molecule has 0 unspecified atom stereocenters. The Hall–Kier alpha value is -20.4.